The average Bonchev–Trinajstić information content (AvgIpc) is 2.89. The number of hydrogen-bond acceptors (Lipinski definition) is 2. The summed E-state index contributed by atoms with van der Waals surface area (Å²) in [6.45, 7) is 4.62. The summed E-state index contributed by atoms with van der Waals surface area (Å²) in [7, 11) is 1.80. The Morgan fingerprint density at radius 2 is 2.00 bits per heavy atom. The Morgan fingerprint density at radius 1 is 1.33 bits per heavy atom. The van der Waals surface area contributed by atoms with Crippen molar-refractivity contribution in [2.45, 2.75) is 26.4 Å². The van der Waals surface area contributed by atoms with E-state index in [9.17, 15) is 4.79 Å². The van der Waals surface area contributed by atoms with Crippen molar-refractivity contribution in [3.8, 4) is 0 Å². The molecule has 0 bridgehead atoms. The summed E-state index contributed by atoms with van der Waals surface area (Å²) in [5.74, 6) is 0. The zero-order chi connectivity index (χ0) is 15.4. The van der Waals surface area contributed by atoms with Gasteiger partial charge in [0.05, 0.1) is 12.6 Å². The SMILES string of the molecule is Cc1ccsc1CNC(=O)N(C)C(C)c1ccc(Cl)cc1. The van der Waals surface area contributed by atoms with Gasteiger partial charge in [0.15, 0.2) is 0 Å². The lowest BCUT2D eigenvalue weighted by Gasteiger charge is -2.25. The van der Waals surface area contributed by atoms with Crippen molar-refractivity contribution in [3.63, 3.8) is 0 Å². The van der Waals surface area contributed by atoms with Crippen LogP contribution in [0.25, 0.3) is 0 Å². The molecule has 2 amide bonds. The Hall–Kier alpha value is -1.52. The molecule has 0 aliphatic carbocycles. The Morgan fingerprint density at radius 3 is 2.57 bits per heavy atom. The van der Waals surface area contributed by atoms with Crippen molar-refractivity contribution >= 4 is 29.0 Å². The first-order valence-electron chi connectivity index (χ1n) is 6.78. The van der Waals surface area contributed by atoms with E-state index in [-0.39, 0.29) is 12.1 Å². The van der Waals surface area contributed by atoms with Crippen LogP contribution in [-0.2, 0) is 6.54 Å². The third-order valence-corrected chi connectivity index (χ3v) is 4.90. The Kier molecular flexibility index (Phi) is 5.26. The van der Waals surface area contributed by atoms with Gasteiger partial charge in [-0.2, -0.15) is 0 Å². The molecule has 3 nitrogen and oxygen atoms in total. The molecule has 0 saturated carbocycles. The number of amides is 2. The van der Waals surface area contributed by atoms with Crippen molar-refractivity contribution in [3.05, 3.63) is 56.7 Å². The standard InChI is InChI=1S/C16H19ClN2OS/c1-11-8-9-21-15(11)10-18-16(20)19(3)12(2)13-4-6-14(17)7-5-13/h4-9,12H,10H2,1-3H3,(H,18,20). The summed E-state index contributed by atoms with van der Waals surface area (Å²) in [5.41, 5.74) is 2.28. The molecule has 0 saturated heterocycles. The highest BCUT2D eigenvalue weighted by atomic mass is 35.5. The second-order valence-corrected chi connectivity index (χ2v) is 6.46. The van der Waals surface area contributed by atoms with Crippen molar-refractivity contribution in [2.75, 3.05) is 7.05 Å². The van der Waals surface area contributed by atoms with Gasteiger partial charge < -0.3 is 10.2 Å². The molecule has 1 aromatic heterocycles. The van der Waals surface area contributed by atoms with Gasteiger partial charge in [0.1, 0.15) is 0 Å². The van der Waals surface area contributed by atoms with E-state index in [0.717, 1.165) is 5.56 Å². The molecule has 1 heterocycles. The molecule has 2 rings (SSSR count). The third-order valence-electron chi connectivity index (χ3n) is 3.62. The molecule has 5 heteroatoms. The number of aryl methyl sites for hydroxylation is 1. The first-order valence-corrected chi connectivity index (χ1v) is 8.04. The quantitative estimate of drug-likeness (QED) is 0.875. The fourth-order valence-corrected chi connectivity index (χ4v) is 2.98. The smallest absolute Gasteiger partial charge is 0.317 e. The summed E-state index contributed by atoms with van der Waals surface area (Å²) >= 11 is 7.55. The van der Waals surface area contributed by atoms with Crippen LogP contribution in [0, 0.1) is 6.92 Å². The molecule has 1 atom stereocenters. The Bertz CT molecular complexity index is 609. The molecule has 21 heavy (non-hydrogen) atoms. The minimum absolute atomic E-state index is 0.00769. The molecule has 0 spiro atoms. The highest BCUT2D eigenvalue weighted by Crippen LogP contribution is 2.21. The highest BCUT2D eigenvalue weighted by molar-refractivity contribution is 7.10. The van der Waals surface area contributed by atoms with Crippen molar-refractivity contribution in [1.82, 2.24) is 10.2 Å². The number of carbonyl (C=O) groups excluding carboxylic acids is 1. The van der Waals surface area contributed by atoms with Crippen LogP contribution in [0.4, 0.5) is 4.79 Å². The van der Waals surface area contributed by atoms with Gasteiger partial charge in [-0.1, -0.05) is 23.7 Å². The molecule has 1 aromatic carbocycles. The summed E-state index contributed by atoms with van der Waals surface area (Å²) < 4.78 is 0. The largest absolute Gasteiger partial charge is 0.333 e. The van der Waals surface area contributed by atoms with E-state index >= 15 is 0 Å². The summed E-state index contributed by atoms with van der Waals surface area (Å²) in [5, 5.41) is 5.70. The topological polar surface area (TPSA) is 32.3 Å². The molecule has 1 unspecified atom stereocenters. The number of rotatable bonds is 4. The van der Waals surface area contributed by atoms with E-state index in [1.165, 1.54) is 10.4 Å². The molecule has 0 aliphatic rings. The van der Waals surface area contributed by atoms with Crippen LogP contribution in [0.15, 0.2) is 35.7 Å². The number of halogens is 1. The molecule has 2 aromatic rings. The van der Waals surface area contributed by atoms with Crippen LogP contribution in [0.2, 0.25) is 5.02 Å². The van der Waals surface area contributed by atoms with Crippen molar-refractivity contribution < 1.29 is 4.79 Å². The van der Waals surface area contributed by atoms with Crippen LogP contribution in [-0.4, -0.2) is 18.0 Å². The predicted molar refractivity (Wildman–Crippen MR) is 88.9 cm³/mol. The zero-order valence-corrected chi connectivity index (χ0v) is 14.0. The van der Waals surface area contributed by atoms with Crippen LogP contribution in [0.1, 0.15) is 29.0 Å². The van der Waals surface area contributed by atoms with Gasteiger partial charge in [0.2, 0.25) is 0 Å². The summed E-state index contributed by atoms with van der Waals surface area (Å²) in [4.78, 5) is 15.1. The Balaban J connectivity index is 1.95. The number of hydrogen-bond donors (Lipinski definition) is 1. The van der Waals surface area contributed by atoms with Gasteiger partial charge in [0, 0.05) is 16.9 Å². The molecular weight excluding hydrogens is 304 g/mol. The highest BCUT2D eigenvalue weighted by Gasteiger charge is 2.17. The number of benzene rings is 1. The van der Waals surface area contributed by atoms with E-state index < -0.39 is 0 Å². The monoisotopic (exact) mass is 322 g/mol. The lowest BCUT2D eigenvalue weighted by molar-refractivity contribution is 0.194. The van der Waals surface area contributed by atoms with Crippen LogP contribution in [0.5, 0.6) is 0 Å². The lowest BCUT2D eigenvalue weighted by Crippen LogP contribution is -2.38. The first kappa shape index (κ1) is 15.9. The van der Waals surface area contributed by atoms with Crippen molar-refractivity contribution in [2.24, 2.45) is 0 Å². The van der Waals surface area contributed by atoms with Gasteiger partial charge in [0.25, 0.3) is 0 Å². The third kappa shape index (κ3) is 3.99. The molecule has 0 fully saturated rings. The van der Waals surface area contributed by atoms with Gasteiger partial charge in [-0.3, -0.25) is 0 Å². The predicted octanol–water partition coefficient (Wildman–Crippen LogP) is 4.61. The van der Waals surface area contributed by atoms with E-state index in [4.69, 9.17) is 11.6 Å². The van der Waals surface area contributed by atoms with Crippen molar-refractivity contribution in [1.29, 1.82) is 0 Å². The minimum atomic E-state index is -0.0785. The number of nitrogens with one attached hydrogen (secondary N) is 1. The summed E-state index contributed by atoms with van der Waals surface area (Å²) in [6.07, 6.45) is 0. The van der Waals surface area contributed by atoms with Crippen LogP contribution >= 0.6 is 22.9 Å². The minimum Gasteiger partial charge on any atom is -0.333 e. The van der Waals surface area contributed by atoms with E-state index in [0.29, 0.717) is 11.6 Å². The van der Waals surface area contributed by atoms with Gasteiger partial charge in [-0.15, -0.1) is 11.3 Å². The van der Waals surface area contributed by atoms with Crippen LogP contribution in [0.3, 0.4) is 0 Å². The normalized spacial score (nSPS) is 12.0. The average molecular weight is 323 g/mol. The molecule has 0 radical (unpaired) electrons. The maximum Gasteiger partial charge on any atom is 0.317 e. The van der Waals surface area contributed by atoms with E-state index in [1.54, 1.807) is 23.3 Å². The maximum atomic E-state index is 12.2. The maximum absolute atomic E-state index is 12.2. The second kappa shape index (κ2) is 6.96. The molecule has 112 valence electrons. The summed E-state index contributed by atoms with van der Waals surface area (Å²) in [6, 6.07) is 9.55. The van der Waals surface area contributed by atoms with Crippen LogP contribution < -0.4 is 5.32 Å². The van der Waals surface area contributed by atoms with E-state index in [2.05, 4.69) is 18.3 Å². The van der Waals surface area contributed by atoms with Gasteiger partial charge >= 0.3 is 6.03 Å². The zero-order valence-electron chi connectivity index (χ0n) is 12.4. The first-order chi connectivity index (χ1) is 9.99. The molecular formula is C16H19ClN2OS. The number of nitrogens with zero attached hydrogens (tertiary/aromatic N) is 1. The number of thiophene rings is 1. The fourth-order valence-electron chi connectivity index (χ4n) is 2.01. The van der Waals surface area contributed by atoms with E-state index in [1.807, 2.05) is 36.6 Å². The Labute approximate surface area is 134 Å². The number of carbonyl (C=O) groups is 1. The fraction of sp³-hybridized carbons (Fsp3) is 0.312. The molecule has 1 N–H and O–H groups in total. The number of urea groups is 1. The van der Waals surface area contributed by atoms with Gasteiger partial charge in [-0.25, -0.2) is 4.79 Å². The lowest BCUT2D eigenvalue weighted by atomic mass is 10.1. The molecule has 0 aliphatic heterocycles. The van der Waals surface area contributed by atoms with Gasteiger partial charge in [-0.05, 0) is 48.6 Å². The second-order valence-electron chi connectivity index (χ2n) is 5.02.